The molecule has 2 N–H and O–H groups in total. The number of aliphatic hydroxyl groups is 1. The highest BCUT2D eigenvalue weighted by atomic mass is 35.5. The van der Waals surface area contributed by atoms with Gasteiger partial charge in [0.1, 0.15) is 10.6 Å². The Morgan fingerprint density at radius 1 is 1.13 bits per heavy atom. The normalized spacial score (nSPS) is 25.8. The predicted molar refractivity (Wildman–Crippen MR) is 120 cm³/mol. The van der Waals surface area contributed by atoms with Crippen molar-refractivity contribution < 1.29 is 19.7 Å². The molecule has 162 valence electrons. The van der Waals surface area contributed by atoms with Gasteiger partial charge in [-0.3, -0.25) is 0 Å². The number of hydrogen-bond acceptors (Lipinski definition) is 4. The van der Waals surface area contributed by atoms with Gasteiger partial charge in [0.25, 0.3) is 0 Å². The van der Waals surface area contributed by atoms with E-state index in [0.29, 0.717) is 17.9 Å². The van der Waals surface area contributed by atoms with E-state index in [2.05, 4.69) is 18.2 Å². The van der Waals surface area contributed by atoms with Gasteiger partial charge < -0.3 is 14.9 Å². The van der Waals surface area contributed by atoms with Crippen LogP contribution in [0.2, 0.25) is 0 Å². The molecule has 6 heteroatoms. The summed E-state index contributed by atoms with van der Waals surface area (Å²) in [4.78, 5) is 12.5. The lowest BCUT2D eigenvalue weighted by atomic mass is 9.90. The average molecular weight is 449 g/mol. The van der Waals surface area contributed by atoms with Crippen LogP contribution in [0.25, 0.3) is 0 Å². The summed E-state index contributed by atoms with van der Waals surface area (Å²) >= 11 is 7.92. The standard InChI is InChI=1S/C24H29ClO4S/c25-21-13-22(26)20(14-29-17-9-8-15-4-1-2-5-16(15)12-17)19(21)7-3-6-18-10-11-23(30-18)24(27)28/h8-12,19-22,26H,1-7,13-14H2,(H,27,28). The Labute approximate surface area is 186 Å². The number of fused-ring (bicyclic) bond motifs is 1. The summed E-state index contributed by atoms with van der Waals surface area (Å²) in [5, 5.41) is 19.6. The SMILES string of the molecule is O=C(O)c1ccc(CCCC2C(Cl)CC(O)C2COc2ccc3c(c2)CCCC3)s1. The van der Waals surface area contributed by atoms with E-state index < -0.39 is 12.1 Å². The Hall–Kier alpha value is -1.56. The minimum absolute atomic E-state index is 0.0291. The molecule has 0 aliphatic heterocycles. The number of carboxylic acid groups (broad SMARTS) is 1. The number of carbonyl (C=O) groups is 1. The van der Waals surface area contributed by atoms with Gasteiger partial charge in [0.05, 0.1) is 12.7 Å². The first-order chi connectivity index (χ1) is 14.5. The van der Waals surface area contributed by atoms with E-state index in [0.717, 1.165) is 42.7 Å². The lowest BCUT2D eigenvalue weighted by Crippen LogP contribution is -2.27. The summed E-state index contributed by atoms with van der Waals surface area (Å²) in [6.07, 6.45) is 7.63. The second kappa shape index (κ2) is 9.71. The molecule has 1 fully saturated rings. The van der Waals surface area contributed by atoms with Crippen molar-refractivity contribution >= 4 is 28.9 Å². The summed E-state index contributed by atoms with van der Waals surface area (Å²) in [5.41, 5.74) is 2.84. The zero-order chi connectivity index (χ0) is 21.1. The molecule has 4 atom stereocenters. The van der Waals surface area contributed by atoms with E-state index in [1.54, 1.807) is 6.07 Å². The molecule has 4 unspecified atom stereocenters. The van der Waals surface area contributed by atoms with Crippen LogP contribution in [0, 0.1) is 11.8 Å². The van der Waals surface area contributed by atoms with E-state index in [1.165, 1.54) is 35.3 Å². The van der Waals surface area contributed by atoms with Crippen LogP contribution in [0.5, 0.6) is 5.75 Å². The lowest BCUT2D eigenvalue weighted by Gasteiger charge is -2.24. The molecule has 2 aliphatic rings. The first-order valence-electron chi connectivity index (χ1n) is 10.9. The number of alkyl halides is 1. The van der Waals surface area contributed by atoms with Gasteiger partial charge in [-0.1, -0.05) is 6.07 Å². The van der Waals surface area contributed by atoms with Crippen LogP contribution in [0.4, 0.5) is 0 Å². The number of hydrogen-bond donors (Lipinski definition) is 2. The van der Waals surface area contributed by atoms with Crippen LogP contribution in [0.15, 0.2) is 30.3 Å². The number of aromatic carboxylic acids is 1. The van der Waals surface area contributed by atoms with Crippen molar-refractivity contribution in [3.63, 3.8) is 0 Å². The number of ether oxygens (including phenoxy) is 1. The maximum absolute atomic E-state index is 11.0. The van der Waals surface area contributed by atoms with Crippen LogP contribution in [0.3, 0.4) is 0 Å². The van der Waals surface area contributed by atoms with E-state index in [4.69, 9.17) is 21.4 Å². The summed E-state index contributed by atoms with van der Waals surface area (Å²) in [7, 11) is 0. The van der Waals surface area contributed by atoms with Crippen LogP contribution < -0.4 is 4.74 Å². The van der Waals surface area contributed by atoms with Crippen molar-refractivity contribution in [3.05, 3.63) is 51.2 Å². The third-order valence-electron chi connectivity index (χ3n) is 6.57. The molecule has 0 bridgehead atoms. The van der Waals surface area contributed by atoms with Gasteiger partial charge in [0, 0.05) is 16.2 Å². The quantitative estimate of drug-likeness (QED) is 0.535. The first-order valence-corrected chi connectivity index (χ1v) is 12.2. The Kier molecular flexibility index (Phi) is 7.01. The van der Waals surface area contributed by atoms with Gasteiger partial charge in [-0.25, -0.2) is 4.79 Å². The highest BCUT2D eigenvalue weighted by Crippen LogP contribution is 2.40. The fourth-order valence-electron chi connectivity index (χ4n) is 4.89. The Balaban J connectivity index is 1.32. The Morgan fingerprint density at radius 2 is 1.93 bits per heavy atom. The topological polar surface area (TPSA) is 66.8 Å². The van der Waals surface area contributed by atoms with Crippen molar-refractivity contribution in [1.29, 1.82) is 0 Å². The molecule has 1 aromatic heterocycles. The number of aliphatic hydroxyl groups excluding tert-OH is 1. The molecule has 0 spiro atoms. The van der Waals surface area contributed by atoms with Crippen molar-refractivity contribution in [1.82, 2.24) is 0 Å². The molecule has 2 aromatic rings. The molecule has 0 saturated heterocycles. The highest BCUT2D eigenvalue weighted by Gasteiger charge is 2.41. The van der Waals surface area contributed by atoms with Crippen LogP contribution in [0.1, 0.15) is 57.8 Å². The molecule has 0 radical (unpaired) electrons. The fourth-order valence-corrected chi connectivity index (χ4v) is 6.28. The van der Waals surface area contributed by atoms with Gasteiger partial charge in [0.2, 0.25) is 0 Å². The van der Waals surface area contributed by atoms with Crippen LogP contribution in [-0.2, 0) is 19.3 Å². The maximum Gasteiger partial charge on any atom is 0.345 e. The zero-order valence-electron chi connectivity index (χ0n) is 17.1. The number of benzene rings is 1. The summed E-state index contributed by atoms with van der Waals surface area (Å²) in [6, 6.07) is 9.96. The zero-order valence-corrected chi connectivity index (χ0v) is 18.6. The highest BCUT2D eigenvalue weighted by molar-refractivity contribution is 7.13. The fraction of sp³-hybridized carbons (Fsp3) is 0.542. The largest absolute Gasteiger partial charge is 0.493 e. The van der Waals surface area contributed by atoms with Gasteiger partial charge in [0.15, 0.2) is 0 Å². The van der Waals surface area contributed by atoms with Crippen LogP contribution in [-0.4, -0.2) is 34.3 Å². The first kappa shape index (κ1) is 21.7. The van der Waals surface area contributed by atoms with Gasteiger partial charge in [-0.15, -0.1) is 22.9 Å². The van der Waals surface area contributed by atoms with Gasteiger partial charge in [-0.05, 0) is 92.7 Å². The third-order valence-corrected chi connectivity index (χ3v) is 8.21. The smallest absolute Gasteiger partial charge is 0.345 e. The molecule has 1 heterocycles. The number of rotatable bonds is 8. The van der Waals surface area contributed by atoms with E-state index in [1.807, 2.05) is 6.07 Å². The molecule has 30 heavy (non-hydrogen) atoms. The molecular weight excluding hydrogens is 420 g/mol. The van der Waals surface area contributed by atoms with E-state index in [-0.39, 0.29) is 17.2 Å². The minimum atomic E-state index is -0.870. The molecule has 4 rings (SSSR count). The molecule has 0 amide bonds. The monoisotopic (exact) mass is 448 g/mol. The van der Waals surface area contributed by atoms with Crippen LogP contribution >= 0.6 is 22.9 Å². The second-order valence-corrected chi connectivity index (χ2v) is 10.3. The second-order valence-electron chi connectivity index (χ2n) is 8.56. The molecule has 1 aromatic carbocycles. The van der Waals surface area contributed by atoms with E-state index >= 15 is 0 Å². The van der Waals surface area contributed by atoms with Gasteiger partial charge in [-0.2, -0.15) is 0 Å². The average Bonchev–Trinajstić information content (AvgIpc) is 3.31. The number of halogens is 1. The van der Waals surface area contributed by atoms with Crippen molar-refractivity contribution in [2.24, 2.45) is 11.8 Å². The Bertz CT molecular complexity index is 880. The number of aryl methyl sites for hydroxylation is 3. The summed E-state index contributed by atoms with van der Waals surface area (Å²) < 4.78 is 6.12. The van der Waals surface area contributed by atoms with Crippen molar-refractivity contribution in [2.45, 2.75) is 62.8 Å². The predicted octanol–water partition coefficient (Wildman–Crippen LogP) is 5.33. The minimum Gasteiger partial charge on any atom is -0.493 e. The number of thiophene rings is 1. The van der Waals surface area contributed by atoms with E-state index in [9.17, 15) is 9.90 Å². The molecule has 4 nitrogen and oxygen atoms in total. The Morgan fingerprint density at radius 3 is 2.70 bits per heavy atom. The van der Waals surface area contributed by atoms with Crippen molar-refractivity contribution in [3.8, 4) is 5.75 Å². The summed E-state index contributed by atoms with van der Waals surface area (Å²) in [6.45, 7) is 0.482. The molecular formula is C24H29ClO4S. The van der Waals surface area contributed by atoms with Crippen molar-refractivity contribution in [2.75, 3.05) is 6.61 Å². The van der Waals surface area contributed by atoms with Gasteiger partial charge >= 0.3 is 5.97 Å². The summed E-state index contributed by atoms with van der Waals surface area (Å²) in [5.74, 6) is 0.254. The number of carboxylic acids is 1. The third kappa shape index (κ3) is 5.01. The molecule has 1 saturated carbocycles. The molecule has 2 aliphatic carbocycles. The maximum atomic E-state index is 11.0. The lowest BCUT2D eigenvalue weighted by molar-refractivity contribution is 0.0701.